The molecule has 2 aromatic rings. The van der Waals surface area contributed by atoms with Crippen molar-refractivity contribution in [2.24, 2.45) is 0 Å². The summed E-state index contributed by atoms with van der Waals surface area (Å²) in [4.78, 5) is 13.4. The van der Waals surface area contributed by atoms with Crippen molar-refractivity contribution in [3.8, 4) is 0 Å². The summed E-state index contributed by atoms with van der Waals surface area (Å²) in [5.41, 5.74) is 0. The number of carbonyl (C=O) groups is 1. The van der Waals surface area contributed by atoms with Crippen molar-refractivity contribution < 1.29 is 12.8 Å². The van der Waals surface area contributed by atoms with Gasteiger partial charge in [-0.25, -0.2) is 0 Å². The number of quaternary nitrogens is 1. The predicted molar refractivity (Wildman–Crippen MR) is 115 cm³/mol. The van der Waals surface area contributed by atoms with Crippen LogP contribution in [-0.2, 0) is 7.87 Å². The molecule has 0 bridgehead atoms. The average molecular weight is 501 g/mol. The summed E-state index contributed by atoms with van der Waals surface area (Å²) in [6.07, 6.45) is 0. The molecule has 0 radical (unpaired) electrons. The Morgan fingerprint density at radius 3 is 1.62 bits per heavy atom. The maximum absolute atomic E-state index is 11.7. The molecular weight excluding hydrogens is 472 g/mol. The van der Waals surface area contributed by atoms with Gasteiger partial charge in [0.2, 0.25) is 0 Å². The number of carbonyl (C=O) groups excluding carboxylic acids is 1. The van der Waals surface area contributed by atoms with Gasteiger partial charge < -0.3 is 4.90 Å². The molecule has 2 aromatic carbocycles. The molecule has 3 rings (SSSR count). The molecular formula is C20H28ClNO2SSn. The zero-order valence-corrected chi connectivity index (χ0v) is 20.1. The van der Waals surface area contributed by atoms with Crippen LogP contribution in [0.3, 0.4) is 0 Å². The Bertz CT molecular complexity index is 665. The molecule has 0 aliphatic carbocycles. The summed E-state index contributed by atoms with van der Waals surface area (Å²) in [5, 5.41) is 0. The number of benzene rings is 2. The molecule has 1 heterocycles. The molecule has 0 atom stereocenters. The van der Waals surface area contributed by atoms with Crippen molar-refractivity contribution >= 4 is 45.9 Å². The van der Waals surface area contributed by atoms with Gasteiger partial charge in [-0.3, -0.25) is 0 Å². The van der Waals surface area contributed by atoms with Gasteiger partial charge in [0, 0.05) is 0 Å². The van der Waals surface area contributed by atoms with Crippen LogP contribution in [0.2, 0.25) is 0 Å². The Hall–Kier alpha value is -0.691. The van der Waals surface area contributed by atoms with Crippen molar-refractivity contribution in [1.29, 1.82) is 0 Å². The Morgan fingerprint density at radius 2 is 1.35 bits per heavy atom. The Kier molecular flexibility index (Phi) is 7.88. The fourth-order valence-corrected chi connectivity index (χ4v) is 23.9. The van der Waals surface area contributed by atoms with Crippen LogP contribution in [0.4, 0.5) is 0 Å². The molecule has 1 aliphatic heterocycles. The van der Waals surface area contributed by atoms with Crippen LogP contribution in [0.25, 0.3) is 0 Å². The third-order valence-corrected chi connectivity index (χ3v) is 29.9. The molecule has 3 nitrogen and oxygen atoms in total. The van der Waals surface area contributed by atoms with E-state index in [4.69, 9.17) is 12.0 Å². The van der Waals surface area contributed by atoms with E-state index in [1.807, 2.05) is 60.7 Å². The molecule has 0 unspecified atom stereocenters. The van der Waals surface area contributed by atoms with Gasteiger partial charge in [0.1, 0.15) is 0 Å². The summed E-state index contributed by atoms with van der Waals surface area (Å²) in [7, 11) is 8.61. The number of nitrogens with one attached hydrogen (secondary N) is 1. The van der Waals surface area contributed by atoms with E-state index in [0.29, 0.717) is 5.75 Å². The van der Waals surface area contributed by atoms with Crippen LogP contribution in [-0.4, -0.2) is 46.3 Å². The average Bonchev–Trinajstić information content (AvgIpc) is 3.03. The fraction of sp³-hybridized carbons (Fsp3) is 0.350. The van der Waals surface area contributed by atoms with E-state index in [0.717, 1.165) is 7.16 Å². The second-order valence-electron chi connectivity index (χ2n) is 6.27. The van der Waals surface area contributed by atoms with Crippen LogP contribution >= 0.6 is 17.9 Å². The van der Waals surface area contributed by atoms with Crippen LogP contribution in [0, 0.1) is 0 Å². The first-order chi connectivity index (χ1) is 12.5. The third-order valence-electron chi connectivity index (χ3n) is 4.77. The van der Waals surface area contributed by atoms with E-state index in [1.54, 1.807) is 4.90 Å². The van der Waals surface area contributed by atoms with E-state index < -0.39 is 14.9 Å². The first-order valence-electron chi connectivity index (χ1n) is 9.15. The zero-order valence-electron chi connectivity index (χ0n) is 15.7. The van der Waals surface area contributed by atoms with Crippen LogP contribution in [0.15, 0.2) is 60.7 Å². The van der Waals surface area contributed by atoms with Gasteiger partial charge in [0.05, 0.1) is 19.6 Å². The predicted octanol–water partition coefficient (Wildman–Crippen LogP) is 2.15. The van der Waals surface area contributed by atoms with E-state index in [2.05, 4.69) is 20.8 Å². The Morgan fingerprint density at radius 1 is 0.923 bits per heavy atom. The number of hydrogen-bond acceptors (Lipinski definition) is 3. The summed E-state index contributed by atoms with van der Waals surface area (Å²) in [5.74, 6) is 0.122. The number of hydrogen-bond donors (Lipinski definition) is 1. The van der Waals surface area contributed by atoms with Crippen molar-refractivity contribution in [1.82, 2.24) is 0 Å². The van der Waals surface area contributed by atoms with Gasteiger partial charge >= 0.3 is 120 Å². The van der Waals surface area contributed by atoms with Gasteiger partial charge in [-0.05, 0) is 20.8 Å². The minimum atomic E-state index is -4.45. The summed E-state index contributed by atoms with van der Waals surface area (Å²) < 4.78 is 7.74. The molecule has 0 spiro atoms. The van der Waals surface area contributed by atoms with Crippen LogP contribution in [0.5, 0.6) is 0 Å². The SMILES string of the molecule is CC[NH+](CC)CC.O=C1C[S][Sn-]([Cl])([c]2ccccc2)([c]2ccccc2)[O]1. The van der Waals surface area contributed by atoms with Gasteiger partial charge in [0.25, 0.3) is 0 Å². The minimum absolute atomic E-state index is 0.210. The van der Waals surface area contributed by atoms with Gasteiger partial charge in [0.15, 0.2) is 0 Å². The third kappa shape index (κ3) is 4.58. The normalized spacial score (nSPS) is 19.0. The summed E-state index contributed by atoms with van der Waals surface area (Å²) >= 11 is -4.45. The summed E-state index contributed by atoms with van der Waals surface area (Å²) in [6, 6.07) is 19.5. The quantitative estimate of drug-likeness (QED) is 0.639. The standard InChI is InChI=1S/C6H15N.2C6H5.C2H4O2S.ClH.Sn/c1-4-7(5-2)6-3;2*1-2-4-6-5-3-1;3-2(4)1-5;;/h4-6H2,1-3H3;2*1-5H;5H,1H2,(H,3,4);1H;/q;;;;;+2/p-2. The molecule has 0 aromatic heterocycles. The maximum atomic E-state index is 11.7. The van der Waals surface area contributed by atoms with Crippen molar-refractivity contribution in [2.45, 2.75) is 20.8 Å². The van der Waals surface area contributed by atoms with E-state index in [-0.39, 0.29) is 5.97 Å². The topological polar surface area (TPSA) is 30.7 Å². The second-order valence-corrected chi connectivity index (χ2v) is 30.2. The number of rotatable bonds is 5. The summed E-state index contributed by atoms with van der Waals surface area (Å²) in [6.45, 7) is 10.5. The van der Waals surface area contributed by atoms with E-state index in [9.17, 15) is 4.79 Å². The molecule has 1 aliphatic rings. The first kappa shape index (κ1) is 21.6. The molecule has 1 fully saturated rings. The van der Waals surface area contributed by atoms with Gasteiger partial charge in [-0.2, -0.15) is 0 Å². The molecule has 1 N–H and O–H groups in total. The van der Waals surface area contributed by atoms with Crippen LogP contribution < -0.4 is 12.1 Å². The van der Waals surface area contributed by atoms with Gasteiger partial charge in [-0.1, -0.05) is 0 Å². The Balaban J connectivity index is 0.000000298. The van der Waals surface area contributed by atoms with Crippen molar-refractivity contribution in [3.63, 3.8) is 0 Å². The molecule has 0 saturated carbocycles. The van der Waals surface area contributed by atoms with Crippen molar-refractivity contribution in [3.05, 3.63) is 60.7 Å². The molecule has 1 saturated heterocycles. The molecule has 142 valence electrons. The van der Waals surface area contributed by atoms with Crippen LogP contribution in [0.1, 0.15) is 20.8 Å². The monoisotopic (exact) mass is 501 g/mol. The fourth-order valence-electron chi connectivity index (χ4n) is 3.09. The zero-order chi connectivity index (χ0) is 19.1. The Labute approximate surface area is 164 Å². The van der Waals surface area contributed by atoms with Crippen molar-refractivity contribution in [2.75, 3.05) is 25.4 Å². The van der Waals surface area contributed by atoms with E-state index >= 15 is 0 Å². The first-order valence-corrected chi connectivity index (χ1v) is 21.3. The van der Waals surface area contributed by atoms with Gasteiger partial charge in [-0.15, -0.1) is 0 Å². The molecule has 0 amide bonds. The number of halogens is 1. The van der Waals surface area contributed by atoms with E-state index in [1.165, 1.54) is 28.6 Å². The molecule has 6 heteroatoms. The molecule has 26 heavy (non-hydrogen) atoms. The second kappa shape index (κ2) is 9.49.